The minimum absolute atomic E-state index is 0.547. The molecule has 1 aromatic heterocycles. The number of thiophene rings is 1. The Morgan fingerprint density at radius 2 is 2.11 bits per heavy atom. The highest BCUT2D eigenvalue weighted by Crippen LogP contribution is 2.36. The molecule has 1 heterocycles. The first-order valence-corrected chi connectivity index (χ1v) is 7.69. The Balaban J connectivity index is 1.78. The minimum Gasteiger partial charge on any atom is -0.390 e. The molecular formula is C16H20OS. The summed E-state index contributed by atoms with van der Waals surface area (Å²) in [7, 11) is 0. The van der Waals surface area contributed by atoms with Crippen molar-refractivity contribution >= 4 is 21.4 Å². The molecular weight excluding hydrogens is 240 g/mol. The molecule has 1 saturated carbocycles. The number of aliphatic hydroxyl groups is 1. The Labute approximate surface area is 112 Å². The molecule has 1 nitrogen and oxygen atoms in total. The molecule has 96 valence electrons. The highest BCUT2D eigenvalue weighted by molar-refractivity contribution is 7.17. The lowest BCUT2D eigenvalue weighted by Crippen LogP contribution is -2.32. The van der Waals surface area contributed by atoms with Gasteiger partial charge >= 0.3 is 0 Å². The van der Waals surface area contributed by atoms with E-state index >= 15 is 0 Å². The molecule has 0 radical (unpaired) electrons. The van der Waals surface area contributed by atoms with E-state index in [1.165, 1.54) is 34.9 Å². The zero-order valence-corrected chi connectivity index (χ0v) is 11.7. The molecule has 1 unspecified atom stereocenters. The average molecular weight is 260 g/mol. The summed E-state index contributed by atoms with van der Waals surface area (Å²) in [5.41, 5.74) is 0.759. The molecule has 0 saturated heterocycles. The summed E-state index contributed by atoms with van der Waals surface area (Å²) in [4.78, 5) is 0. The summed E-state index contributed by atoms with van der Waals surface area (Å²) in [5.74, 6) is 0.755. The summed E-state index contributed by atoms with van der Waals surface area (Å²) in [6.07, 6.45) is 5.70. The van der Waals surface area contributed by atoms with Crippen LogP contribution >= 0.6 is 11.3 Å². The topological polar surface area (TPSA) is 20.2 Å². The minimum atomic E-state index is -0.547. The number of rotatable bonds is 4. The van der Waals surface area contributed by atoms with Gasteiger partial charge in [-0.25, -0.2) is 0 Å². The highest BCUT2D eigenvalue weighted by atomic mass is 32.1. The van der Waals surface area contributed by atoms with E-state index < -0.39 is 5.60 Å². The molecule has 3 rings (SSSR count). The quantitative estimate of drug-likeness (QED) is 0.864. The summed E-state index contributed by atoms with van der Waals surface area (Å²) < 4.78 is 1.33. The van der Waals surface area contributed by atoms with Crippen LogP contribution in [0.5, 0.6) is 0 Å². The van der Waals surface area contributed by atoms with Crippen LogP contribution in [0.25, 0.3) is 10.1 Å². The van der Waals surface area contributed by atoms with Gasteiger partial charge in [-0.05, 0) is 41.7 Å². The van der Waals surface area contributed by atoms with E-state index in [0.717, 1.165) is 18.8 Å². The largest absolute Gasteiger partial charge is 0.390 e. The Morgan fingerprint density at radius 1 is 1.33 bits per heavy atom. The van der Waals surface area contributed by atoms with Crippen molar-refractivity contribution in [1.82, 2.24) is 0 Å². The first-order valence-electron chi connectivity index (χ1n) is 6.81. The van der Waals surface area contributed by atoms with Gasteiger partial charge in [-0.2, -0.15) is 0 Å². The Bertz CT molecular complexity index is 537. The molecule has 0 amide bonds. The van der Waals surface area contributed by atoms with Crippen LogP contribution in [0, 0.1) is 5.92 Å². The molecule has 1 fully saturated rings. The van der Waals surface area contributed by atoms with Crippen molar-refractivity contribution in [2.45, 2.75) is 44.6 Å². The molecule has 1 aliphatic rings. The monoisotopic (exact) mass is 260 g/mol. The third-order valence-corrected chi connectivity index (χ3v) is 5.10. The van der Waals surface area contributed by atoms with Crippen LogP contribution in [-0.2, 0) is 6.42 Å². The van der Waals surface area contributed by atoms with Gasteiger partial charge in [0.25, 0.3) is 0 Å². The lowest BCUT2D eigenvalue weighted by molar-refractivity contribution is 0.0207. The van der Waals surface area contributed by atoms with E-state index in [1.807, 2.05) is 6.92 Å². The van der Waals surface area contributed by atoms with E-state index in [0.29, 0.717) is 0 Å². The first kappa shape index (κ1) is 12.2. The van der Waals surface area contributed by atoms with E-state index in [4.69, 9.17) is 0 Å². The number of hydrogen-bond donors (Lipinski definition) is 1. The lowest BCUT2D eigenvalue weighted by Gasteiger charge is -2.33. The maximum absolute atomic E-state index is 10.6. The lowest BCUT2D eigenvalue weighted by atomic mass is 9.76. The first-order chi connectivity index (χ1) is 8.64. The van der Waals surface area contributed by atoms with Crippen LogP contribution in [0.1, 0.15) is 38.2 Å². The maximum Gasteiger partial charge on any atom is 0.0663 e. The van der Waals surface area contributed by atoms with E-state index in [1.54, 1.807) is 11.3 Å². The van der Waals surface area contributed by atoms with E-state index in [2.05, 4.69) is 29.6 Å². The Hall–Kier alpha value is -0.860. The molecule has 0 bridgehead atoms. The fourth-order valence-corrected chi connectivity index (χ4v) is 3.93. The van der Waals surface area contributed by atoms with Crippen molar-refractivity contribution in [3.8, 4) is 0 Å². The molecule has 1 aliphatic carbocycles. The van der Waals surface area contributed by atoms with Crippen molar-refractivity contribution in [3.05, 3.63) is 35.2 Å². The highest BCUT2D eigenvalue weighted by Gasteiger charge is 2.29. The fourth-order valence-electron chi connectivity index (χ4n) is 2.97. The van der Waals surface area contributed by atoms with Crippen LogP contribution in [0.2, 0.25) is 0 Å². The van der Waals surface area contributed by atoms with Crippen molar-refractivity contribution in [1.29, 1.82) is 0 Å². The van der Waals surface area contributed by atoms with Gasteiger partial charge in [-0.3, -0.25) is 0 Å². The zero-order chi connectivity index (χ0) is 12.6. The molecule has 18 heavy (non-hydrogen) atoms. The van der Waals surface area contributed by atoms with Gasteiger partial charge in [-0.15, -0.1) is 11.3 Å². The van der Waals surface area contributed by atoms with Crippen LogP contribution in [-0.4, -0.2) is 10.7 Å². The molecule has 2 aromatic rings. The molecule has 0 spiro atoms. The van der Waals surface area contributed by atoms with E-state index in [9.17, 15) is 5.11 Å². The number of fused-ring (bicyclic) bond motifs is 1. The van der Waals surface area contributed by atoms with Crippen molar-refractivity contribution in [3.63, 3.8) is 0 Å². The third-order valence-electron chi connectivity index (χ3n) is 4.09. The van der Waals surface area contributed by atoms with Crippen molar-refractivity contribution in [2.24, 2.45) is 5.92 Å². The van der Waals surface area contributed by atoms with Crippen molar-refractivity contribution in [2.75, 3.05) is 0 Å². The molecule has 1 aromatic carbocycles. The normalized spacial score (nSPS) is 19.7. The predicted octanol–water partition coefficient (Wildman–Crippen LogP) is 4.39. The Kier molecular flexibility index (Phi) is 3.16. The number of hydrogen-bond acceptors (Lipinski definition) is 2. The van der Waals surface area contributed by atoms with Gasteiger partial charge in [0, 0.05) is 11.1 Å². The van der Waals surface area contributed by atoms with Crippen LogP contribution in [0.15, 0.2) is 29.6 Å². The third kappa shape index (κ3) is 2.45. The van der Waals surface area contributed by atoms with E-state index in [-0.39, 0.29) is 0 Å². The number of benzene rings is 1. The van der Waals surface area contributed by atoms with Crippen LogP contribution < -0.4 is 0 Å². The second-order valence-electron chi connectivity index (χ2n) is 5.93. The SMILES string of the molecule is CC(O)(Cc1csc2ccccc12)CC1CCC1. The van der Waals surface area contributed by atoms with Gasteiger partial charge in [-0.1, -0.05) is 37.5 Å². The van der Waals surface area contributed by atoms with Crippen LogP contribution in [0.3, 0.4) is 0 Å². The predicted molar refractivity (Wildman–Crippen MR) is 78.1 cm³/mol. The van der Waals surface area contributed by atoms with Gasteiger partial charge in [0.2, 0.25) is 0 Å². The summed E-state index contributed by atoms with van der Waals surface area (Å²) in [6, 6.07) is 8.49. The van der Waals surface area contributed by atoms with Gasteiger partial charge in [0.1, 0.15) is 0 Å². The average Bonchev–Trinajstić information content (AvgIpc) is 2.67. The second-order valence-corrected chi connectivity index (χ2v) is 6.84. The molecule has 1 atom stereocenters. The van der Waals surface area contributed by atoms with Gasteiger partial charge < -0.3 is 5.11 Å². The summed E-state index contributed by atoms with van der Waals surface area (Å²) >= 11 is 1.78. The second kappa shape index (κ2) is 4.67. The smallest absolute Gasteiger partial charge is 0.0663 e. The summed E-state index contributed by atoms with van der Waals surface area (Å²) in [5, 5.41) is 14.1. The zero-order valence-electron chi connectivity index (χ0n) is 10.9. The maximum atomic E-state index is 10.6. The molecule has 2 heteroatoms. The molecule has 1 N–H and O–H groups in total. The Morgan fingerprint density at radius 3 is 2.83 bits per heavy atom. The fraction of sp³-hybridized carbons (Fsp3) is 0.500. The molecule has 0 aliphatic heterocycles. The van der Waals surface area contributed by atoms with Gasteiger partial charge in [0.05, 0.1) is 5.60 Å². The summed E-state index contributed by atoms with van der Waals surface area (Å²) in [6.45, 7) is 2.00. The van der Waals surface area contributed by atoms with Crippen molar-refractivity contribution < 1.29 is 5.11 Å². The van der Waals surface area contributed by atoms with Crippen LogP contribution in [0.4, 0.5) is 0 Å². The standard InChI is InChI=1S/C16H20OS/c1-16(17,9-12-5-4-6-12)10-13-11-18-15-8-3-2-7-14(13)15/h2-3,7-8,11-12,17H,4-6,9-10H2,1H3. The van der Waals surface area contributed by atoms with Gasteiger partial charge in [0.15, 0.2) is 0 Å².